The van der Waals surface area contributed by atoms with E-state index in [-0.39, 0.29) is 5.41 Å². The molecule has 0 aromatic heterocycles. The molecule has 2 fully saturated rings. The summed E-state index contributed by atoms with van der Waals surface area (Å²) in [5.74, 6) is 0. The average molecular weight is 252 g/mol. The summed E-state index contributed by atoms with van der Waals surface area (Å²) in [6.45, 7) is 6.84. The Morgan fingerprint density at radius 1 is 1.28 bits per heavy atom. The van der Waals surface area contributed by atoms with Crippen LogP contribution in [0.1, 0.15) is 45.4 Å². The number of aldehydes is 1. The molecule has 0 amide bonds. The maximum Gasteiger partial charge on any atom is 0.127 e. The van der Waals surface area contributed by atoms with Gasteiger partial charge in [0, 0.05) is 18.0 Å². The van der Waals surface area contributed by atoms with Crippen LogP contribution >= 0.6 is 0 Å². The van der Waals surface area contributed by atoms with Crippen molar-refractivity contribution in [1.29, 1.82) is 0 Å². The zero-order chi connectivity index (χ0) is 13.0. The minimum atomic E-state index is -0.0172. The minimum Gasteiger partial charge on any atom is -0.303 e. The quantitative estimate of drug-likeness (QED) is 0.701. The predicted molar refractivity (Wildman–Crippen MR) is 74.7 cm³/mol. The zero-order valence-electron chi connectivity index (χ0n) is 12.0. The summed E-state index contributed by atoms with van der Waals surface area (Å²) >= 11 is 0. The van der Waals surface area contributed by atoms with Crippen LogP contribution in [0.5, 0.6) is 0 Å². The van der Waals surface area contributed by atoms with Gasteiger partial charge in [-0.25, -0.2) is 0 Å². The highest BCUT2D eigenvalue weighted by molar-refractivity contribution is 5.60. The van der Waals surface area contributed by atoms with Crippen LogP contribution < -0.4 is 0 Å². The Labute approximate surface area is 112 Å². The van der Waals surface area contributed by atoms with Gasteiger partial charge in [-0.3, -0.25) is 0 Å². The number of rotatable bonds is 5. The van der Waals surface area contributed by atoms with Crippen molar-refractivity contribution in [3.05, 3.63) is 0 Å². The summed E-state index contributed by atoms with van der Waals surface area (Å²) in [6.07, 6.45) is 8.46. The van der Waals surface area contributed by atoms with Gasteiger partial charge in [-0.05, 0) is 52.4 Å². The van der Waals surface area contributed by atoms with Gasteiger partial charge < -0.3 is 14.6 Å². The van der Waals surface area contributed by atoms with Gasteiger partial charge in [0.25, 0.3) is 0 Å². The highest BCUT2D eigenvalue weighted by Crippen LogP contribution is 2.37. The van der Waals surface area contributed by atoms with Crippen LogP contribution in [0.3, 0.4) is 0 Å². The topological polar surface area (TPSA) is 23.6 Å². The van der Waals surface area contributed by atoms with Gasteiger partial charge in [-0.1, -0.05) is 19.8 Å². The number of likely N-dealkylation sites (tertiary alicyclic amines) is 1. The van der Waals surface area contributed by atoms with Crippen molar-refractivity contribution in [2.45, 2.75) is 51.5 Å². The number of carbonyl (C=O) groups is 1. The lowest BCUT2D eigenvalue weighted by molar-refractivity contribution is -0.117. The van der Waals surface area contributed by atoms with Gasteiger partial charge in [0.1, 0.15) is 6.29 Å². The highest BCUT2D eigenvalue weighted by atomic mass is 16.1. The van der Waals surface area contributed by atoms with Crippen LogP contribution in [0.15, 0.2) is 0 Å². The Kier molecular flexibility index (Phi) is 4.79. The van der Waals surface area contributed by atoms with E-state index in [0.717, 1.165) is 19.4 Å². The molecule has 0 atom stereocenters. The maximum atomic E-state index is 11.4. The monoisotopic (exact) mass is 252 g/mol. The van der Waals surface area contributed by atoms with Crippen molar-refractivity contribution in [2.75, 3.05) is 33.2 Å². The second-order valence-corrected chi connectivity index (χ2v) is 6.27. The lowest BCUT2D eigenvalue weighted by atomic mass is 9.86. The largest absolute Gasteiger partial charge is 0.303 e. The smallest absolute Gasteiger partial charge is 0.127 e. The molecule has 1 heterocycles. The molecule has 18 heavy (non-hydrogen) atoms. The third kappa shape index (κ3) is 3.12. The number of carbonyl (C=O) groups excluding carboxylic acids is 1. The van der Waals surface area contributed by atoms with Crippen LogP contribution in [0.2, 0.25) is 0 Å². The second kappa shape index (κ2) is 6.16. The van der Waals surface area contributed by atoms with Crippen LogP contribution in [0, 0.1) is 5.41 Å². The first-order chi connectivity index (χ1) is 8.69. The van der Waals surface area contributed by atoms with E-state index in [1.165, 1.54) is 51.6 Å². The molecule has 1 saturated carbocycles. The van der Waals surface area contributed by atoms with Crippen molar-refractivity contribution in [3.8, 4) is 0 Å². The highest BCUT2D eigenvalue weighted by Gasteiger charge is 2.36. The standard InChI is InChI=1S/C15H28N2O/c1-3-17-10-6-14(7-11-17)16(2)12-15(13-18)8-4-5-9-15/h13-14H,3-12H2,1-2H3. The number of hydrogen-bond donors (Lipinski definition) is 0. The Hall–Kier alpha value is -0.410. The molecule has 2 aliphatic rings. The Morgan fingerprint density at radius 3 is 2.39 bits per heavy atom. The fourth-order valence-electron chi connectivity index (χ4n) is 3.69. The summed E-state index contributed by atoms with van der Waals surface area (Å²) in [5.41, 5.74) is -0.0172. The summed E-state index contributed by atoms with van der Waals surface area (Å²) in [4.78, 5) is 16.4. The van der Waals surface area contributed by atoms with Crippen LogP contribution in [0.4, 0.5) is 0 Å². The summed E-state index contributed by atoms with van der Waals surface area (Å²) in [7, 11) is 2.22. The van der Waals surface area contributed by atoms with E-state index in [9.17, 15) is 4.79 Å². The summed E-state index contributed by atoms with van der Waals surface area (Å²) in [6, 6.07) is 0.685. The third-order valence-corrected chi connectivity index (χ3v) is 5.04. The van der Waals surface area contributed by atoms with E-state index in [4.69, 9.17) is 0 Å². The normalized spacial score (nSPS) is 25.7. The zero-order valence-corrected chi connectivity index (χ0v) is 12.0. The van der Waals surface area contributed by atoms with Crippen LogP contribution in [-0.4, -0.2) is 55.4 Å². The van der Waals surface area contributed by atoms with E-state index in [0.29, 0.717) is 6.04 Å². The molecule has 1 aliphatic heterocycles. The Morgan fingerprint density at radius 2 is 1.89 bits per heavy atom. The Bertz CT molecular complexity index is 266. The first-order valence-electron chi connectivity index (χ1n) is 7.58. The molecule has 1 saturated heterocycles. The molecule has 3 heteroatoms. The lowest BCUT2D eigenvalue weighted by Gasteiger charge is -2.39. The minimum absolute atomic E-state index is 0.0172. The summed E-state index contributed by atoms with van der Waals surface area (Å²) in [5, 5.41) is 0. The third-order valence-electron chi connectivity index (χ3n) is 5.04. The first kappa shape index (κ1) is 14.0. The van der Waals surface area contributed by atoms with E-state index in [1.807, 2.05) is 0 Å². The van der Waals surface area contributed by atoms with Crippen molar-refractivity contribution < 1.29 is 4.79 Å². The molecule has 0 N–H and O–H groups in total. The molecule has 0 unspecified atom stereocenters. The second-order valence-electron chi connectivity index (χ2n) is 6.27. The van der Waals surface area contributed by atoms with Crippen molar-refractivity contribution >= 4 is 6.29 Å². The van der Waals surface area contributed by atoms with E-state index in [1.54, 1.807) is 0 Å². The van der Waals surface area contributed by atoms with Gasteiger partial charge in [-0.15, -0.1) is 0 Å². The molecule has 0 aromatic rings. The fourth-order valence-corrected chi connectivity index (χ4v) is 3.69. The van der Waals surface area contributed by atoms with Crippen LogP contribution in [0.25, 0.3) is 0 Å². The van der Waals surface area contributed by atoms with Crippen molar-refractivity contribution in [3.63, 3.8) is 0 Å². The van der Waals surface area contributed by atoms with Crippen molar-refractivity contribution in [1.82, 2.24) is 9.80 Å². The van der Waals surface area contributed by atoms with Gasteiger partial charge >= 0.3 is 0 Å². The van der Waals surface area contributed by atoms with Crippen molar-refractivity contribution in [2.24, 2.45) is 5.41 Å². The number of nitrogens with zero attached hydrogens (tertiary/aromatic N) is 2. The van der Waals surface area contributed by atoms with Gasteiger partial charge in [0.2, 0.25) is 0 Å². The molecule has 2 rings (SSSR count). The molecule has 3 nitrogen and oxygen atoms in total. The first-order valence-corrected chi connectivity index (χ1v) is 7.58. The molecule has 0 radical (unpaired) electrons. The van der Waals surface area contributed by atoms with Gasteiger partial charge in [0.15, 0.2) is 0 Å². The van der Waals surface area contributed by atoms with Gasteiger partial charge in [-0.2, -0.15) is 0 Å². The molecule has 0 aromatic carbocycles. The molecule has 104 valence electrons. The molecule has 0 spiro atoms. The van der Waals surface area contributed by atoms with E-state index < -0.39 is 0 Å². The maximum absolute atomic E-state index is 11.4. The average Bonchev–Trinajstić information content (AvgIpc) is 2.88. The van der Waals surface area contributed by atoms with Gasteiger partial charge in [0.05, 0.1) is 0 Å². The molecular formula is C15H28N2O. The fraction of sp³-hybridized carbons (Fsp3) is 0.933. The number of piperidine rings is 1. The summed E-state index contributed by atoms with van der Waals surface area (Å²) < 4.78 is 0. The lowest BCUT2D eigenvalue weighted by Crippen LogP contribution is -2.46. The number of hydrogen-bond acceptors (Lipinski definition) is 3. The van der Waals surface area contributed by atoms with E-state index in [2.05, 4.69) is 23.8 Å². The molecule has 1 aliphatic carbocycles. The Balaban J connectivity index is 1.84. The van der Waals surface area contributed by atoms with E-state index >= 15 is 0 Å². The van der Waals surface area contributed by atoms with Crippen LogP contribution in [-0.2, 0) is 4.79 Å². The molecule has 0 bridgehead atoms. The molecular weight excluding hydrogens is 224 g/mol. The SMILES string of the molecule is CCN1CCC(N(C)CC2(C=O)CCCC2)CC1. The predicted octanol–water partition coefficient (Wildman–Crippen LogP) is 2.16.